The van der Waals surface area contributed by atoms with Gasteiger partial charge in [-0.2, -0.15) is 17.5 Å². The second-order valence-corrected chi connectivity index (χ2v) is 8.19. The summed E-state index contributed by atoms with van der Waals surface area (Å²) in [6.07, 6.45) is -3.04. The first-order chi connectivity index (χ1) is 10.6. The van der Waals surface area contributed by atoms with Gasteiger partial charge in [0.25, 0.3) is 0 Å². The Kier molecular flexibility index (Phi) is 3.93. The number of nitrogens with one attached hydrogen (secondary N) is 1. The lowest BCUT2D eigenvalue weighted by Gasteiger charge is -2.47. The van der Waals surface area contributed by atoms with E-state index in [2.05, 4.69) is 10.3 Å². The molecular weight excluding hydrogens is 331 g/mol. The predicted octanol–water partition coefficient (Wildman–Crippen LogP) is 1.78. The van der Waals surface area contributed by atoms with Gasteiger partial charge in [0.05, 0.1) is 5.69 Å². The molecule has 23 heavy (non-hydrogen) atoms. The van der Waals surface area contributed by atoms with E-state index < -0.39 is 21.9 Å². The SMILES string of the molecule is Cc1nc(C(F)(F)F)ccc1S(=O)(=O)N1CCC2(CC1)CNC2. The number of aryl methyl sites for hydroxylation is 1. The maximum Gasteiger partial charge on any atom is 0.433 e. The Labute approximate surface area is 132 Å². The molecule has 0 unspecified atom stereocenters. The van der Waals surface area contributed by atoms with Gasteiger partial charge in [-0.1, -0.05) is 0 Å². The third-order valence-electron chi connectivity index (χ3n) is 4.73. The number of alkyl halides is 3. The summed E-state index contributed by atoms with van der Waals surface area (Å²) in [7, 11) is -3.81. The molecule has 2 aliphatic heterocycles. The van der Waals surface area contributed by atoms with Crippen molar-refractivity contribution >= 4 is 10.0 Å². The quantitative estimate of drug-likeness (QED) is 0.884. The highest BCUT2D eigenvalue weighted by molar-refractivity contribution is 7.89. The first-order valence-electron chi connectivity index (χ1n) is 7.40. The van der Waals surface area contributed by atoms with Crippen LogP contribution >= 0.6 is 0 Å². The molecule has 0 aliphatic carbocycles. The van der Waals surface area contributed by atoms with Crippen LogP contribution in [0.15, 0.2) is 17.0 Å². The van der Waals surface area contributed by atoms with Gasteiger partial charge in [0.2, 0.25) is 10.0 Å². The topological polar surface area (TPSA) is 62.3 Å². The third kappa shape index (κ3) is 2.97. The molecule has 3 heterocycles. The van der Waals surface area contributed by atoms with Crippen LogP contribution in [0.25, 0.3) is 0 Å². The average Bonchev–Trinajstić information content (AvgIpc) is 2.44. The number of rotatable bonds is 2. The van der Waals surface area contributed by atoms with Crippen LogP contribution in [0.3, 0.4) is 0 Å². The minimum absolute atomic E-state index is 0.120. The van der Waals surface area contributed by atoms with Crippen molar-refractivity contribution in [2.45, 2.75) is 30.8 Å². The zero-order valence-corrected chi connectivity index (χ0v) is 13.5. The van der Waals surface area contributed by atoms with E-state index >= 15 is 0 Å². The molecule has 0 radical (unpaired) electrons. The van der Waals surface area contributed by atoms with Crippen molar-refractivity contribution in [3.63, 3.8) is 0 Å². The Hall–Kier alpha value is -1.19. The number of hydrogen-bond donors (Lipinski definition) is 1. The largest absolute Gasteiger partial charge is 0.433 e. The standard InChI is InChI=1S/C14H18F3N3O2S/c1-10-11(2-3-12(19-10)14(15,16)17)23(21,22)20-6-4-13(5-7-20)8-18-9-13/h2-3,18H,4-9H2,1H3. The normalized spacial score (nSPS) is 22.1. The number of nitrogens with zero attached hydrogens (tertiary/aromatic N) is 2. The van der Waals surface area contributed by atoms with Gasteiger partial charge in [-0.15, -0.1) is 0 Å². The number of pyridine rings is 1. The van der Waals surface area contributed by atoms with Crippen LogP contribution in [0.5, 0.6) is 0 Å². The zero-order chi connectivity index (χ0) is 16.9. The van der Waals surface area contributed by atoms with Crippen molar-refractivity contribution in [1.82, 2.24) is 14.6 Å². The van der Waals surface area contributed by atoms with Crippen molar-refractivity contribution in [1.29, 1.82) is 0 Å². The fourth-order valence-corrected chi connectivity index (χ4v) is 4.75. The van der Waals surface area contributed by atoms with Crippen molar-refractivity contribution in [3.8, 4) is 0 Å². The Bertz CT molecular complexity index is 704. The number of hydrogen-bond acceptors (Lipinski definition) is 4. The van der Waals surface area contributed by atoms with Crippen molar-refractivity contribution in [2.75, 3.05) is 26.2 Å². The molecular formula is C14H18F3N3O2S. The second-order valence-electron chi connectivity index (χ2n) is 6.29. The molecule has 0 aromatic carbocycles. The molecule has 2 saturated heterocycles. The molecule has 128 valence electrons. The van der Waals surface area contributed by atoms with E-state index in [1.165, 1.54) is 11.2 Å². The van der Waals surface area contributed by atoms with Crippen molar-refractivity contribution in [3.05, 3.63) is 23.5 Å². The van der Waals surface area contributed by atoms with Gasteiger partial charge in [-0.05, 0) is 37.3 Å². The van der Waals surface area contributed by atoms with Gasteiger partial charge in [0.15, 0.2) is 0 Å². The Balaban J connectivity index is 1.83. The molecule has 5 nitrogen and oxygen atoms in total. The molecule has 1 spiro atoms. The molecule has 3 rings (SSSR count). The molecule has 9 heteroatoms. The van der Waals surface area contributed by atoms with Crippen LogP contribution in [0.2, 0.25) is 0 Å². The molecule has 0 saturated carbocycles. The van der Waals surface area contributed by atoms with E-state index in [0.29, 0.717) is 13.1 Å². The minimum Gasteiger partial charge on any atom is -0.316 e. The van der Waals surface area contributed by atoms with Crippen LogP contribution in [-0.4, -0.2) is 43.9 Å². The summed E-state index contributed by atoms with van der Waals surface area (Å²) in [5, 5.41) is 3.20. The predicted molar refractivity (Wildman–Crippen MR) is 77.3 cm³/mol. The van der Waals surface area contributed by atoms with Gasteiger partial charge in [0, 0.05) is 26.2 Å². The maximum atomic E-state index is 12.7. The number of aromatic nitrogens is 1. The van der Waals surface area contributed by atoms with Gasteiger partial charge in [0.1, 0.15) is 10.6 Å². The molecule has 0 amide bonds. The second kappa shape index (κ2) is 5.42. The Morgan fingerprint density at radius 3 is 2.26 bits per heavy atom. The zero-order valence-electron chi connectivity index (χ0n) is 12.7. The highest BCUT2D eigenvalue weighted by Crippen LogP contribution is 2.37. The van der Waals surface area contributed by atoms with Crippen LogP contribution < -0.4 is 5.32 Å². The molecule has 0 atom stereocenters. The van der Waals surface area contributed by atoms with E-state index in [-0.39, 0.29) is 16.0 Å². The highest BCUT2D eigenvalue weighted by atomic mass is 32.2. The summed E-state index contributed by atoms with van der Waals surface area (Å²) in [4.78, 5) is 3.28. The lowest BCUT2D eigenvalue weighted by atomic mass is 9.74. The number of piperidine rings is 1. The maximum absolute atomic E-state index is 12.7. The molecule has 2 aliphatic rings. The fourth-order valence-electron chi connectivity index (χ4n) is 3.15. The summed E-state index contributed by atoms with van der Waals surface area (Å²) in [6, 6.07) is 1.73. The smallest absolute Gasteiger partial charge is 0.316 e. The Morgan fingerprint density at radius 2 is 1.83 bits per heavy atom. The van der Waals surface area contributed by atoms with Gasteiger partial charge < -0.3 is 5.32 Å². The first-order valence-corrected chi connectivity index (χ1v) is 8.84. The van der Waals surface area contributed by atoms with Gasteiger partial charge in [-0.3, -0.25) is 0 Å². The first kappa shape index (κ1) is 16.7. The van der Waals surface area contributed by atoms with E-state index in [1.54, 1.807) is 0 Å². The monoisotopic (exact) mass is 349 g/mol. The molecule has 0 bridgehead atoms. The molecule has 1 aromatic rings. The minimum atomic E-state index is -4.58. The van der Waals surface area contributed by atoms with Crippen LogP contribution in [0, 0.1) is 12.3 Å². The van der Waals surface area contributed by atoms with Crippen LogP contribution in [-0.2, 0) is 16.2 Å². The lowest BCUT2D eigenvalue weighted by molar-refractivity contribution is -0.141. The van der Waals surface area contributed by atoms with E-state index in [0.717, 1.165) is 38.1 Å². The summed E-state index contributed by atoms with van der Waals surface area (Å²) >= 11 is 0. The summed E-state index contributed by atoms with van der Waals surface area (Å²) < 4.78 is 64.7. The Morgan fingerprint density at radius 1 is 1.22 bits per heavy atom. The summed E-state index contributed by atoms with van der Waals surface area (Å²) in [5.74, 6) is 0. The number of sulfonamides is 1. The highest BCUT2D eigenvalue weighted by Gasteiger charge is 2.43. The third-order valence-corrected chi connectivity index (χ3v) is 6.76. The van der Waals surface area contributed by atoms with Crippen LogP contribution in [0.1, 0.15) is 24.2 Å². The lowest BCUT2D eigenvalue weighted by Crippen LogP contribution is -2.58. The molecule has 1 aromatic heterocycles. The van der Waals surface area contributed by atoms with Crippen molar-refractivity contribution < 1.29 is 21.6 Å². The summed E-state index contributed by atoms with van der Waals surface area (Å²) in [5.41, 5.74) is -1.00. The van der Waals surface area contributed by atoms with E-state index in [9.17, 15) is 21.6 Å². The molecule has 1 N–H and O–H groups in total. The van der Waals surface area contributed by atoms with Crippen molar-refractivity contribution in [2.24, 2.45) is 5.41 Å². The van der Waals surface area contributed by atoms with Gasteiger partial charge >= 0.3 is 6.18 Å². The summed E-state index contributed by atoms with van der Waals surface area (Å²) in [6.45, 7) is 3.89. The van der Waals surface area contributed by atoms with Gasteiger partial charge in [-0.25, -0.2) is 13.4 Å². The van der Waals surface area contributed by atoms with E-state index in [4.69, 9.17) is 0 Å². The number of halogens is 3. The molecule has 2 fully saturated rings. The average molecular weight is 349 g/mol. The van der Waals surface area contributed by atoms with E-state index in [1.807, 2.05) is 0 Å². The fraction of sp³-hybridized carbons (Fsp3) is 0.643. The van der Waals surface area contributed by atoms with Crippen LogP contribution in [0.4, 0.5) is 13.2 Å².